The molecule has 0 radical (unpaired) electrons. The third kappa shape index (κ3) is 3.24. The van der Waals surface area contributed by atoms with Crippen LogP contribution in [-0.2, 0) is 10.0 Å². The molecule has 1 N–H and O–H groups in total. The molecule has 108 valence electrons. The van der Waals surface area contributed by atoms with E-state index in [1.54, 1.807) is 37.4 Å². The molecule has 0 saturated heterocycles. The Morgan fingerprint density at radius 3 is 2.67 bits per heavy atom. The van der Waals surface area contributed by atoms with Gasteiger partial charge in [0.1, 0.15) is 22.3 Å². The standard InChI is InChI=1S/C14H12FN3O2S/c1-10(13-6-2-3-8-17-13)18-21(19,20)14-7-4-5-12(15)11(14)9-16/h2-8,10,18H,1H3. The van der Waals surface area contributed by atoms with Crippen molar-refractivity contribution in [2.45, 2.75) is 17.9 Å². The van der Waals surface area contributed by atoms with Gasteiger partial charge in [0.2, 0.25) is 10.0 Å². The SMILES string of the molecule is CC(NS(=O)(=O)c1cccc(F)c1C#N)c1ccccn1. The van der Waals surface area contributed by atoms with Gasteiger partial charge in [-0.1, -0.05) is 12.1 Å². The highest BCUT2D eigenvalue weighted by molar-refractivity contribution is 7.89. The molecule has 0 aliphatic carbocycles. The molecule has 0 aliphatic heterocycles. The summed E-state index contributed by atoms with van der Waals surface area (Å²) in [6, 6.07) is 9.56. The lowest BCUT2D eigenvalue weighted by atomic mass is 10.2. The quantitative estimate of drug-likeness (QED) is 0.938. The van der Waals surface area contributed by atoms with Crippen LogP contribution in [0.4, 0.5) is 4.39 Å². The summed E-state index contributed by atoms with van der Waals surface area (Å²) in [6.07, 6.45) is 1.54. The van der Waals surface area contributed by atoms with Crippen molar-refractivity contribution in [3.8, 4) is 6.07 Å². The topological polar surface area (TPSA) is 82.9 Å². The number of hydrogen-bond donors (Lipinski definition) is 1. The summed E-state index contributed by atoms with van der Waals surface area (Å²) in [5.74, 6) is -0.870. The molecule has 1 unspecified atom stereocenters. The van der Waals surface area contributed by atoms with Crippen molar-refractivity contribution in [1.82, 2.24) is 9.71 Å². The zero-order chi connectivity index (χ0) is 15.5. The number of benzene rings is 1. The number of pyridine rings is 1. The number of nitriles is 1. The maximum atomic E-state index is 13.5. The number of sulfonamides is 1. The number of nitrogens with zero attached hydrogens (tertiary/aromatic N) is 2. The smallest absolute Gasteiger partial charge is 0.242 e. The van der Waals surface area contributed by atoms with E-state index in [0.29, 0.717) is 5.69 Å². The molecule has 1 atom stereocenters. The molecule has 1 heterocycles. The minimum absolute atomic E-state index is 0.382. The number of halogens is 1. The molecule has 0 fully saturated rings. The summed E-state index contributed by atoms with van der Waals surface area (Å²) in [5, 5.41) is 8.92. The molecule has 2 aromatic rings. The van der Waals surface area contributed by atoms with Gasteiger partial charge in [-0.3, -0.25) is 4.98 Å². The number of rotatable bonds is 4. The van der Waals surface area contributed by atoms with Gasteiger partial charge in [-0.25, -0.2) is 17.5 Å². The first-order valence-electron chi connectivity index (χ1n) is 6.07. The first-order chi connectivity index (χ1) is 9.95. The molecule has 1 aromatic heterocycles. The average Bonchev–Trinajstić information content (AvgIpc) is 2.47. The normalized spacial score (nSPS) is 12.6. The predicted molar refractivity (Wildman–Crippen MR) is 74.1 cm³/mol. The molecule has 0 saturated carbocycles. The minimum Gasteiger partial charge on any atom is -0.260 e. The molecule has 21 heavy (non-hydrogen) atoms. The molecule has 1 aromatic carbocycles. The van der Waals surface area contributed by atoms with Gasteiger partial charge in [-0.15, -0.1) is 0 Å². The van der Waals surface area contributed by atoms with Crippen LogP contribution in [0, 0.1) is 17.1 Å². The first kappa shape index (κ1) is 15.1. The highest BCUT2D eigenvalue weighted by Gasteiger charge is 2.23. The van der Waals surface area contributed by atoms with Gasteiger partial charge in [-0.05, 0) is 31.2 Å². The first-order valence-corrected chi connectivity index (χ1v) is 7.56. The molecular formula is C14H12FN3O2S. The predicted octanol–water partition coefficient (Wildman–Crippen LogP) is 2.13. The van der Waals surface area contributed by atoms with Crippen molar-refractivity contribution in [1.29, 1.82) is 5.26 Å². The zero-order valence-corrected chi connectivity index (χ0v) is 11.9. The van der Waals surface area contributed by atoms with Gasteiger partial charge in [0, 0.05) is 6.20 Å². The monoisotopic (exact) mass is 305 g/mol. The number of hydrogen-bond acceptors (Lipinski definition) is 4. The van der Waals surface area contributed by atoms with Crippen molar-refractivity contribution in [3.63, 3.8) is 0 Å². The van der Waals surface area contributed by atoms with Gasteiger partial charge >= 0.3 is 0 Å². The second-order valence-electron chi connectivity index (χ2n) is 4.32. The molecule has 0 bridgehead atoms. The van der Waals surface area contributed by atoms with Crippen molar-refractivity contribution in [3.05, 3.63) is 59.7 Å². The van der Waals surface area contributed by atoms with E-state index in [2.05, 4.69) is 9.71 Å². The lowest BCUT2D eigenvalue weighted by molar-refractivity contribution is 0.560. The Hall–Kier alpha value is -2.30. The van der Waals surface area contributed by atoms with Gasteiger partial charge < -0.3 is 0 Å². The van der Waals surface area contributed by atoms with Gasteiger partial charge in [0.25, 0.3) is 0 Å². The van der Waals surface area contributed by atoms with Crippen LogP contribution in [0.1, 0.15) is 24.2 Å². The maximum absolute atomic E-state index is 13.5. The largest absolute Gasteiger partial charge is 0.260 e. The van der Waals surface area contributed by atoms with Crippen molar-refractivity contribution in [2.24, 2.45) is 0 Å². The van der Waals surface area contributed by atoms with E-state index in [0.717, 1.165) is 6.07 Å². The van der Waals surface area contributed by atoms with E-state index in [-0.39, 0.29) is 4.90 Å². The van der Waals surface area contributed by atoms with E-state index in [9.17, 15) is 12.8 Å². The Bertz CT molecular complexity index is 786. The van der Waals surface area contributed by atoms with E-state index >= 15 is 0 Å². The summed E-state index contributed by atoms with van der Waals surface area (Å²) in [4.78, 5) is 3.67. The summed E-state index contributed by atoms with van der Waals surface area (Å²) in [7, 11) is -4.03. The second-order valence-corrected chi connectivity index (χ2v) is 6.00. The van der Waals surface area contributed by atoms with Crippen LogP contribution in [0.2, 0.25) is 0 Å². The molecule has 0 aliphatic rings. The second kappa shape index (κ2) is 5.99. The lowest BCUT2D eigenvalue weighted by Gasteiger charge is -2.14. The van der Waals surface area contributed by atoms with Crippen LogP contribution >= 0.6 is 0 Å². The fourth-order valence-corrected chi connectivity index (χ4v) is 3.21. The maximum Gasteiger partial charge on any atom is 0.242 e. The summed E-state index contributed by atoms with van der Waals surface area (Å²) < 4.78 is 40.5. The van der Waals surface area contributed by atoms with E-state index in [4.69, 9.17) is 5.26 Å². The summed E-state index contributed by atoms with van der Waals surface area (Å²) in [6.45, 7) is 1.62. The van der Waals surface area contributed by atoms with Crippen LogP contribution < -0.4 is 4.72 Å². The van der Waals surface area contributed by atoms with Gasteiger partial charge in [-0.2, -0.15) is 5.26 Å². The Balaban J connectivity index is 2.36. The van der Waals surface area contributed by atoms with Crippen LogP contribution in [0.15, 0.2) is 47.5 Å². The fourth-order valence-electron chi connectivity index (χ4n) is 1.83. The number of nitrogens with one attached hydrogen (secondary N) is 1. The van der Waals surface area contributed by atoms with Crippen LogP contribution in [0.25, 0.3) is 0 Å². The van der Waals surface area contributed by atoms with Crippen LogP contribution in [0.3, 0.4) is 0 Å². The number of aromatic nitrogens is 1. The lowest BCUT2D eigenvalue weighted by Crippen LogP contribution is -2.28. The molecule has 5 nitrogen and oxygen atoms in total. The third-order valence-electron chi connectivity index (χ3n) is 2.84. The Morgan fingerprint density at radius 1 is 1.29 bits per heavy atom. The van der Waals surface area contributed by atoms with Crippen molar-refractivity contribution < 1.29 is 12.8 Å². The van der Waals surface area contributed by atoms with E-state index in [1.807, 2.05) is 0 Å². The van der Waals surface area contributed by atoms with Crippen LogP contribution in [-0.4, -0.2) is 13.4 Å². The summed E-state index contributed by atoms with van der Waals surface area (Å²) in [5.41, 5.74) is 0.0224. The van der Waals surface area contributed by atoms with Crippen molar-refractivity contribution in [2.75, 3.05) is 0 Å². The Kier molecular flexibility index (Phi) is 4.31. The van der Waals surface area contributed by atoms with Crippen LogP contribution in [0.5, 0.6) is 0 Å². The highest BCUT2D eigenvalue weighted by Crippen LogP contribution is 2.20. The summed E-state index contributed by atoms with van der Waals surface area (Å²) >= 11 is 0. The van der Waals surface area contributed by atoms with Gasteiger partial charge in [0.15, 0.2) is 0 Å². The molecule has 7 heteroatoms. The Morgan fingerprint density at radius 2 is 2.05 bits per heavy atom. The minimum atomic E-state index is -4.03. The zero-order valence-electron chi connectivity index (χ0n) is 11.1. The fraction of sp³-hybridized carbons (Fsp3) is 0.143. The highest BCUT2D eigenvalue weighted by atomic mass is 32.2. The van der Waals surface area contributed by atoms with E-state index in [1.165, 1.54) is 12.1 Å². The third-order valence-corrected chi connectivity index (χ3v) is 4.42. The molecule has 0 amide bonds. The van der Waals surface area contributed by atoms with Crippen molar-refractivity contribution >= 4 is 10.0 Å². The van der Waals surface area contributed by atoms with Gasteiger partial charge in [0.05, 0.1) is 11.7 Å². The molecule has 2 rings (SSSR count). The molecular weight excluding hydrogens is 293 g/mol. The Labute approximate surface area is 122 Å². The molecule has 0 spiro atoms. The van der Waals surface area contributed by atoms with E-state index < -0.39 is 27.4 Å². The average molecular weight is 305 g/mol.